The maximum absolute atomic E-state index is 5.66. The zero-order valence-corrected chi connectivity index (χ0v) is 13.6. The van der Waals surface area contributed by atoms with Gasteiger partial charge in [-0.25, -0.2) is 4.98 Å². The lowest BCUT2D eigenvalue weighted by atomic mass is 10.2. The molecule has 1 aliphatic rings. The highest BCUT2D eigenvalue weighted by Crippen LogP contribution is 2.11. The maximum atomic E-state index is 5.66. The van der Waals surface area contributed by atoms with Gasteiger partial charge in [0.05, 0.1) is 12.7 Å². The minimum Gasteiger partial charge on any atom is -0.327 e. The molecule has 2 N–H and O–H groups in total. The van der Waals surface area contributed by atoms with E-state index in [0.717, 1.165) is 37.6 Å². The van der Waals surface area contributed by atoms with E-state index in [0.29, 0.717) is 0 Å². The molecular weight excluding hydrogens is 307 g/mol. The van der Waals surface area contributed by atoms with Gasteiger partial charge in [-0.1, -0.05) is 5.92 Å². The van der Waals surface area contributed by atoms with E-state index in [1.807, 2.05) is 13.1 Å². The number of likely N-dealkylation sites (N-methyl/N-ethyl adjacent to an activating group) is 1. The lowest BCUT2D eigenvalue weighted by molar-refractivity contribution is 0.264. The fraction of sp³-hybridized carbons (Fsp3) is 0.583. The molecule has 0 fully saturated rings. The Morgan fingerprint density at radius 3 is 2.68 bits per heavy atom. The van der Waals surface area contributed by atoms with Gasteiger partial charge in [0.15, 0.2) is 0 Å². The van der Waals surface area contributed by atoms with Gasteiger partial charge in [-0.2, -0.15) is 0 Å². The predicted octanol–water partition coefficient (Wildman–Crippen LogP) is 1.68. The summed E-state index contributed by atoms with van der Waals surface area (Å²) in [6.45, 7) is 4.92. The average molecular weight is 328 g/mol. The van der Waals surface area contributed by atoms with Crippen LogP contribution in [0.3, 0.4) is 0 Å². The fourth-order valence-corrected chi connectivity index (χ4v) is 1.78. The van der Waals surface area contributed by atoms with Gasteiger partial charge in [0.25, 0.3) is 0 Å². The van der Waals surface area contributed by atoms with Gasteiger partial charge in [0, 0.05) is 25.6 Å². The Morgan fingerprint density at radius 1 is 1.37 bits per heavy atom. The molecule has 110 valence electrons. The van der Waals surface area contributed by atoms with Crippen molar-refractivity contribution in [3.05, 3.63) is 17.7 Å². The van der Waals surface area contributed by atoms with Crippen molar-refractivity contribution >= 4 is 37.2 Å². The van der Waals surface area contributed by atoms with Crippen molar-refractivity contribution in [2.75, 3.05) is 13.6 Å². The van der Waals surface area contributed by atoms with E-state index >= 15 is 0 Å². The second kappa shape index (κ2) is 9.46. The van der Waals surface area contributed by atoms with Crippen LogP contribution in [-0.4, -0.2) is 34.1 Å². The molecule has 1 aromatic rings. The summed E-state index contributed by atoms with van der Waals surface area (Å²) in [4.78, 5) is 6.66. The minimum absolute atomic E-state index is 0. The predicted molar refractivity (Wildman–Crippen MR) is 85.4 cm³/mol. The normalized spacial score (nSPS) is 14.7. The lowest BCUT2D eigenvalue weighted by Gasteiger charge is -2.23. The van der Waals surface area contributed by atoms with E-state index < -0.39 is 0 Å². The third-order valence-corrected chi connectivity index (χ3v) is 2.70. The molecule has 0 amide bonds. The summed E-state index contributed by atoms with van der Waals surface area (Å²) in [7, 11) is 2.11. The molecule has 0 saturated heterocycles. The molecule has 0 unspecified atom stereocenters. The quantitative estimate of drug-likeness (QED) is 0.798. The SMILES string of the molecule is C[C@H](N)CC#Cc1cnc2n1CCN(C)C2.Cl.Cl.Cl. The maximum Gasteiger partial charge on any atom is 0.123 e. The first kappa shape index (κ1) is 20.9. The van der Waals surface area contributed by atoms with Crippen LogP contribution in [0.1, 0.15) is 24.9 Å². The van der Waals surface area contributed by atoms with E-state index in [-0.39, 0.29) is 43.3 Å². The van der Waals surface area contributed by atoms with E-state index in [9.17, 15) is 0 Å². The molecule has 0 saturated carbocycles. The third kappa shape index (κ3) is 5.60. The fourth-order valence-electron chi connectivity index (χ4n) is 1.78. The first-order valence-corrected chi connectivity index (χ1v) is 5.64. The summed E-state index contributed by atoms with van der Waals surface area (Å²) in [5, 5.41) is 0. The first-order valence-electron chi connectivity index (χ1n) is 5.64. The Labute approximate surface area is 133 Å². The van der Waals surface area contributed by atoms with Crippen LogP contribution in [0, 0.1) is 11.8 Å². The van der Waals surface area contributed by atoms with Crippen LogP contribution in [-0.2, 0) is 13.1 Å². The number of rotatable bonds is 1. The van der Waals surface area contributed by atoms with Crippen LogP contribution >= 0.6 is 37.2 Å². The standard InChI is InChI=1S/C12H18N4.3ClH/c1-10(13)4-3-5-11-8-14-12-9-15(2)6-7-16(11)12;;;/h8,10H,4,6-7,9,13H2,1-2H3;3*1H/t10-;;;/m0.../s1. The van der Waals surface area contributed by atoms with Crippen molar-refractivity contribution in [2.45, 2.75) is 32.5 Å². The molecule has 0 aliphatic carbocycles. The van der Waals surface area contributed by atoms with Crippen LogP contribution in [0.2, 0.25) is 0 Å². The van der Waals surface area contributed by atoms with Gasteiger partial charge in [0.1, 0.15) is 11.5 Å². The molecule has 4 nitrogen and oxygen atoms in total. The van der Waals surface area contributed by atoms with Gasteiger partial charge >= 0.3 is 0 Å². The minimum atomic E-state index is 0. The molecule has 1 atom stereocenters. The molecule has 19 heavy (non-hydrogen) atoms. The summed E-state index contributed by atoms with van der Waals surface area (Å²) in [5.41, 5.74) is 6.67. The summed E-state index contributed by atoms with van der Waals surface area (Å²) >= 11 is 0. The van der Waals surface area contributed by atoms with Crippen LogP contribution in [0.5, 0.6) is 0 Å². The zero-order chi connectivity index (χ0) is 11.5. The highest BCUT2D eigenvalue weighted by Gasteiger charge is 2.15. The number of aromatic nitrogens is 2. The summed E-state index contributed by atoms with van der Waals surface area (Å²) in [6, 6.07) is 0.141. The highest BCUT2D eigenvalue weighted by atomic mass is 35.5. The molecule has 7 heteroatoms. The van der Waals surface area contributed by atoms with Crippen LogP contribution in [0.4, 0.5) is 0 Å². The molecule has 2 heterocycles. The van der Waals surface area contributed by atoms with Gasteiger partial charge in [-0.15, -0.1) is 37.2 Å². The van der Waals surface area contributed by atoms with E-state index in [2.05, 4.69) is 33.3 Å². The topological polar surface area (TPSA) is 47.1 Å². The molecule has 1 aromatic heterocycles. The van der Waals surface area contributed by atoms with Crippen molar-refractivity contribution in [3.63, 3.8) is 0 Å². The van der Waals surface area contributed by atoms with Crippen LogP contribution in [0.15, 0.2) is 6.20 Å². The van der Waals surface area contributed by atoms with Crippen LogP contribution < -0.4 is 5.73 Å². The molecule has 0 radical (unpaired) electrons. The molecule has 1 aliphatic heterocycles. The average Bonchev–Trinajstić information content (AvgIpc) is 2.60. The number of imidazole rings is 1. The molecule has 2 rings (SSSR count). The smallest absolute Gasteiger partial charge is 0.123 e. The van der Waals surface area contributed by atoms with E-state index in [1.54, 1.807) is 0 Å². The van der Waals surface area contributed by atoms with Gasteiger partial charge in [-0.05, 0) is 19.9 Å². The second-order valence-corrected chi connectivity index (χ2v) is 4.43. The number of fused-ring (bicyclic) bond motifs is 1. The van der Waals surface area contributed by atoms with E-state index in [1.165, 1.54) is 0 Å². The Morgan fingerprint density at radius 2 is 2.05 bits per heavy atom. The highest BCUT2D eigenvalue weighted by molar-refractivity contribution is 5.86. The van der Waals surface area contributed by atoms with Gasteiger partial charge in [-0.3, -0.25) is 4.90 Å². The van der Waals surface area contributed by atoms with Crippen LogP contribution in [0.25, 0.3) is 0 Å². The summed E-state index contributed by atoms with van der Waals surface area (Å²) in [5.74, 6) is 7.36. The van der Waals surface area contributed by atoms with Crippen molar-refractivity contribution in [1.29, 1.82) is 0 Å². The largest absolute Gasteiger partial charge is 0.327 e. The second-order valence-electron chi connectivity index (χ2n) is 4.43. The van der Waals surface area contributed by atoms with Crippen molar-refractivity contribution < 1.29 is 0 Å². The molecule has 0 spiro atoms. The number of hydrogen-bond acceptors (Lipinski definition) is 3. The summed E-state index contributed by atoms with van der Waals surface area (Å²) in [6.07, 6.45) is 2.60. The summed E-state index contributed by atoms with van der Waals surface area (Å²) < 4.78 is 2.20. The number of nitrogens with zero attached hydrogens (tertiary/aromatic N) is 3. The Kier molecular flexibility index (Phi) is 10.4. The van der Waals surface area contributed by atoms with Crippen molar-refractivity contribution in [3.8, 4) is 11.8 Å². The third-order valence-electron chi connectivity index (χ3n) is 2.70. The Balaban J connectivity index is 0. The van der Waals surface area contributed by atoms with Gasteiger partial charge < -0.3 is 10.3 Å². The Bertz CT molecular complexity index is 434. The molecule has 0 aromatic carbocycles. The van der Waals surface area contributed by atoms with Gasteiger partial charge in [0.2, 0.25) is 0 Å². The first-order chi connectivity index (χ1) is 7.66. The number of halogens is 3. The van der Waals surface area contributed by atoms with Crippen molar-refractivity contribution in [1.82, 2.24) is 14.5 Å². The zero-order valence-electron chi connectivity index (χ0n) is 11.1. The number of nitrogens with two attached hydrogens (primary N) is 1. The monoisotopic (exact) mass is 326 g/mol. The Hall–Kier alpha value is -0.440. The van der Waals surface area contributed by atoms with E-state index in [4.69, 9.17) is 5.73 Å². The number of hydrogen-bond donors (Lipinski definition) is 1. The lowest BCUT2D eigenvalue weighted by Crippen LogP contribution is -2.30. The molecule has 0 bridgehead atoms. The molecular formula is C12H21Cl3N4. The van der Waals surface area contributed by atoms with Crippen molar-refractivity contribution in [2.24, 2.45) is 5.73 Å².